The molecule has 3 nitrogen and oxygen atoms in total. The summed E-state index contributed by atoms with van der Waals surface area (Å²) in [6.07, 6.45) is 0.552. The van der Waals surface area contributed by atoms with Crippen LogP contribution in [0.1, 0.15) is 27.2 Å². The van der Waals surface area contributed by atoms with Crippen molar-refractivity contribution in [3.8, 4) is 0 Å². The Morgan fingerprint density at radius 3 is 2.25 bits per heavy atom. The van der Waals surface area contributed by atoms with Gasteiger partial charge in [0.2, 0.25) is 0 Å². The van der Waals surface area contributed by atoms with Gasteiger partial charge in [0.05, 0.1) is 12.7 Å². The van der Waals surface area contributed by atoms with Crippen molar-refractivity contribution < 1.29 is 9.84 Å². The Labute approximate surface area is 75.1 Å². The van der Waals surface area contributed by atoms with Gasteiger partial charge in [-0.25, -0.2) is 0 Å². The van der Waals surface area contributed by atoms with E-state index >= 15 is 0 Å². The summed E-state index contributed by atoms with van der Waals surface area (Å²) < 4.78 is 4.98. The van der Waals surface area contributed by atoms with Gasteiger partial charge in [-0.3, -0.25) is 0 Å². The van der Waals surface area contributed by atoms with Crippen molar-refractivity contribution in [1.29, 1.82) is 0 Å². The van der Waals surface area contributed by atoms with Gasteiger partial charge in [0.25, 0.3) is 0 Å². The van der Waals surface area contributed by atoms with Crippen LogP contribution in [0.15, 0.2) is 0 Å². The van der Waals surface area contributed by atoms with Crippen LogP contribution in [0.25, 0.3) is 0 Å². The Morgan fingerprint density at radius 2 is 1.83 bits per heavy atom. The number of nitrogens with one attached hydrogen (secondary N) is 1. The van der Waals surface area contributed by atoms with E-state index in [1.54, 1.807) is 14.0 Å². The molecule has 74 valence electrons. The van der Waals surface area contributed by atoms with E-state index in [1.807, 2.05) is 0 Å². The fourth-order valence-corrected chi connectivity index (χ4v) is 1.36. The normalized spacial score (nSPS) is 18.8. The Bertz CT molecular complexity index is 107. The van der Waals surface area contributed by atoms with Gasteiger partial charge in [0, 0.05) is 19.2 Å². The van der Waals surface area contributed by atoms with Crippen molar-refractivity contribution in [1.82, 2.24) is 5.32 Å². The molecule has 0 bridgehead atoms. The lowest BCUT2D eigenvalue weighted by atomic mass is 10.1. The summed E-state index contributed by atoms with van der Waals surface area (Å²) in [6, 6.07) is 0.693. The van der Waals surface area contributed by atoms with Gasteiger partial charge < -0.3 is 15.2 Å². The number of hydrogen-bond donors (Lipinski definition) is 2. The molecular formula is C9H21NO2. The second-order valence-electron chi connectivity index (χ2n) is 3.51. The monoisotopic (exact) mass is 175 g/mol. The highest BCUT2D eigenvalue weighted by atomic mass is 16.5. The number of aliphatic hydroxyl groups is 1. The van der Waals surface area contributed by atoms with Gasteiger partial charge in [-0.15, -0.1) is 0 Å². The molecule has 0 aromatic carbocycles. The van der Waals surface area contributed by atoms with Crippen LogP contribution >= 0.6 is 0 Å². The molecule has 0 saturated heterocycles. The van der Waals surface area contributed by atoms with Crippen LogP contribution in [0.3, 0.4) is 0 Å². The number of ether oxygens (including phenoxy) is 1. The topological polar surface area (TPSA) is 41.5 Å². The fourth-order valence-electron chi connectivity index (χ4n) is 1.36. The van der Waals surface area contributed by atoms with E-state index in [0.717, 1.165) is 6.42 Å². The SMILES string of the molecule is COCC(C)NC(C)CC(C)O. The molecular weight excluding hydrogens is 154 g/mol. The third kappa shape index (κ3) is 6.58. The quantitative estimate of drug-likeness (QED) is 0.626. The van der Waals surface area contributed by atoms with Crippen molar-refractivity contribution in [3.63, 3.8) is 0 Å². The van der Waals surface area contributed by atoms with Gasteiger partial charge in [0.1, 0.15) is 0 Å². The van der Waals surface area contributed by atoms with Gasteiger partial charge in [-0.05, 0) is 27.2 Å². The summed E-state index contributed by atoms with van der Waals surface area (Å²) >= 11 is 0. The molecule has 3 unspecified atom stereocenters. The van der Waals surface area contributed by atoms with Crippen LogP contribution in [-0.2, 0) is 4.74 Å². The van der Waals surface area contributed by atoms with Crippen molar-refractivity contribution in [2.24, 2.45) is 0 Å². The lowest BCUT2D eigenvalue weighted by molar-refractivity contribution is 0.146. The minimum atomic E-state index is -0.234. The molecule has 3 atom stereocenters. The van der Waals surface area contributed by atoms with Crippen LogP contribution in [0.2, 0.25) is 0 Å². The second kappa shape index (κ2) is 6.40. The summed E-state index contributed by atoms with van der Waals surface area (Å²) in [6.45, 7) is 6.66. The van der Waals surface area contributed by atoms with E-state index in [2.05, 4.69) is 19.2 Å². The molecule has 0 fully saturated rings. The molecule has 3 heteroatoms. The highest BCUT2D eigenvalue weighted by Crippen LogP contribution is 1.98. The number of methoxy groups -OCH3 is 1. The summed E-state index contributed by atoms with van der Waals surface area (Å²) in [5.41, 5.74) is 0. The highest BCUT2D eigenvalue weighted by molar-refractivity contribution is 4.68. The predicted octanol–water partition coefficient (Wildman–Crippen LogP) is 0.770. The lowest BCUT2D eigenvalue weighted by Crippen LogP contribution is -2.38. The fraction of sp³-hybridized carbons (Fsp3) is 1.00. The molecule has 2 N–H and O–H groups in total. The average Bonchev–Trinajstić information content (AvgIpc) is 1.84. The molecule has 0 aliphatic carbocycles. The maximum absolute atomic E-state index is 9.09. The maximum Gasteiger partial charge on any atom is 0.0613 e. The Balaban J connectivity index is 3.46. The minimum absolute atomic E-state index is 0.234. The molecule has 0 radical (unpaired) electrons. The second-order valence-corrected chi connectivity index (χ2v) is 3.51. The van der Waals surface area contributed by atoms with Gasteiger partial charge >= 0.3 is 0 Å². The van der Waals surface area contributed by atoms with Gasteiger partial charge in [-0.2, -0.15) is 0 Å². The number of hydrogen-bond acceptors (Lipinski definition) is 3. The molecule has 0 aromatic heterocycles. The third-order valence-corrected chi connectivity index (χ3v) is 1.68. The van der Waals surface area contributed by atoms with Crippen molar-refractivity contribution in [3.05, 3.63) is 0 Å². The molecule has 0 aromatic rings. The molecule has 0 spiro atoms. The minimum Gasteiger partial charge on any atom is -0.393 e. The molecule has 0 amide bonds. The smallest absolute Gasteiger partial charge is 0.0613 e. The van der Waals surface area contributed by atoms with E-state index in [1.165, 1.54) is 0 Å². The van der Waals surface area contributed by atoms with Crippen molar-refractivity contribution in [2.75, 3.05) is 13.7 Å². The zero-order valence-corrected chi connectivity index (χ0v) is 8.50. The lowest BCUT2D eigenvalue weighted by Gasteiger charge is -2.20. The Morgan fingerprint density at radius 1 is 1.25 bits per heavy atom. The highest BCUT2D eigenvalue weighted by Gasteiger charge is 2.08. The molecule has 0 rings (SSSR count). The van der Waals surface area contributed by atoms with E-state index < -0.39 is 0 Å². The first kappa shape index (κ1) is 11.9. The van der Waals surface area contributed by atoms with E-state index in [4.69, 9.17) is 9.84 Å². The first-order valence-corrected chi connectivity index (χ1v) is 4.49. The summed E-state index contributed by atoms with van der Waals surface area (Å²) in [5.74, 6) is 0. The third-order valence-electron chi connectivity index (χ3n) is 1.68. The van der Waals surface area contributed by atoms with Crippen LogP contribution < -0.4 is 5.32 Å². The van der Waals surface area contributed by atoms with Crippen LogP contribution in [0.4, 0.5) is 0 Å². The Kier molecular flexibility index (Phi) is 6.34. The van der Waals surface area contributed by atoms with Crippen LogP contribution in [0.5, 0.6) is 0 Å². The molecule has 12 heavy (non-hydrogen) atoms. The number of rotatable bonds is 6. The average molecular weight is 175 g/mol. The summed E-state index contributed by atoms with van der Waals surface area (Å²) in [5, 5.41) is 12.4. The zero-order valence-electron chi connectivity index (χ0n) is 8.50. The van der Waals surface area contributed by atoms with E-state index in [0.29, 0.717) is 18.7 Å². The first-order valence-electron chi connectivity index (χ1n) is 4.49. The molecule has 0 aliphatic rings. The van der Waals surface area contributed by atoms with E-state index in [-0.39, 0.29) is 6.10 Å². The maximum atomic E-state index is 9.09. The summed E-state index contributed by atoms with van der Waals surface area (Å²) in [4.78, 5) is 0. The van der Waals surface area contributed by atoms with Crippen molar-refractivity contribution >= 4 is 0 Å². The Hall–Kier alpha value is -0.120. The van der Waals surface area contributed by atoms with E-state index in [9.17, 15) is 0 Å². The molecule has 0 heterocycles. The summed E-state index contributed by atoms with van der Waals surface area (Å²) in [7, 11) is 1.69. The molecule has 0 aliphatic heterocycles. The van der Waals surface area contributed by atoms with Crippen LogP contribution in [0, 0.1) is 0 Å². The standard InChI is InChI=1S/C9H21NO2/c1-7(5-9(3)11)10-8(2)6-12-4/h7-11H,5-6H2,1-4H3. The predicted molar refractivity (Wildman–Crippen MR) is 50.2 cm³/mol. The van der Waals surface area contributed by atoms with Gasteiger partial charge in [0.15, 0.2) is 0 Å². The van der Waals surface area contributed by atoms with Crippen molar-refractivity contribution in [2.45, 2.75) is 45.4 Å². The largest absolute Gasteiger partial charge is 0.393 e. The first-order chi connectivity index (χ1) is 5.56. The van der Waals surface area contributed by atoms with Crippen LogP contribution in [-0.4, -0.2) is 37.0 Å². The molecule has 0 saturated carbocycles. The zero-order chi connectivity index (χ0) is 9.56. The number of aliphatic hydroxyl groups excluding tert-OH is 1. The van der Waals surface area contributed by atoms with Gasteiger partial charge in [-0.1, -0.05) is 0 Å².